The number of amides is 1. The van der Waals surface area contributed by atoms with Crippen molar-refractivity contribution in [2.75, 3.05) is 5.32 Å². The fourth-order valence-electron chi connectivity index (χ4n) is 2.86. The minimum Gasteiger partial charge on any atom is -0.453 e. The summed E-state index contributed by atoms with van der Waals surface area (Å²) in [6, 6.07) is 17.2. The Morgan fingerprint density at radius 2 is 1.88 bits per heavy atom. The van der Waals surface area contributed by atoms with E-state index in [1.165, 1.54) is 0 Å². The molecule has 4 aromatic rings. The molecule has 5 heteroatoms. The summed E-state index contributed by atoms with van der Waals surface area (Å²) in [5.74, 6) is 0.971. The molecule has 0 saturated carbocycles. The lowest BCUT2D eigenvalue weighted by Gasteiger charge is -2.09. The van der Waals surface area contributed by atoms with Crippen LogP contribution < -0.4 is 5.32 Å². The van der Waals surface area contributed by atoms with E-state index in [0.717, 1.165) is 27.8 Å². The number of hydrogen-bond acceptors (Lipinski definition) is 4. The molecule has 1 N–H and O–H groups in total. The monoisotopic (exact) mass is 346 g/mol. The van der Waals surface area contributed by atoms with Crippen LogP contribution in [0.2, 0.25) is 0 Å². The second kappa shape index (κ2) is 6.52. The molecular formula is C21H18N2O3. The third kappa shape index (κ3) is 3.11. The molecule has 0 fully saturated rings. The highest BCUT2D eigenvalue weighted by Crippen LogP contribution is 2.28. The van der Waals surface area contributed by atoms with Crippen molar-refractivity contribution >= 4 is 22.6 Å². The average Bonchev–Trinajstić information content (AvgIpc) is 3.25. The van der Waals surface area contributed by atoms with Crippen LogP contribution in [0.4, 0.5) is 5.69 Å². The first kappa shape index (κ1) is 16.1. The molecule has 130 valence electrons. The van der Waals surface area contributed by atoms with E-state index in [1.807, 2.05) is 62.4 Å². The van der Waals surface area contributed by atoms with Gasteiger partial charge >= 0.3 is 0 Å². The number of benzene rings is 2. The van der Waals surface area contributed by atoms with Gasteiger partial charge in [0.2, 0.25) is 11.7 Å². The summed E-state index contributed by atoms with van der Waals surface area (Å²) in [6.45, 7) is 4.00. The quantitative estimate of drug-likeness (QED) is 0.571. The fraction of sp³-hybridized carbons (Fsp3) is 0.143. The van der Waals surface area contributed by atoms with E-state index in [0.29, 0.717) is 17.2 Å². The van der Waals surface area contributed by atoms with Gasteiger partial charge in [-0.3, -0.25) is 4.79 Å². The SMILES string of the molecule is Cc1cccc(NC(=O)Cc2cc(-c3cc4ccccc4o3)on2)c1C. The van der Waals surface area contributed by atoms with Crippen molar-refractivity contribution < 1.29 is 13.7 Å². The number of aromatic nitrogens is 1. The van der Waals surface area contributed by atoms with Crippen molar-refractivity contribution in [3.63, 3.8) is 0 Å². The number of anilines is 1. The van der Waals surface area contributed by atoms with Crippen molar-refractivity contribution in [2.45, 2.75) is 20.3 Å². The Balaban J connectivity index is 1.49. The predicted octanol–water partition coefficient (Wildman–Crippen LogP) is 4.89. The Hall–Kier alpha value is -3.34. The van der Waals surface area contributed by atoms with Gasteiger partial charge in [-0.1, -0.05) is 35.5 Å². The van der Waals surface area contributed by atoms with Gasteiger partial charge in [-0.15, -0.1) is 0 Å². The topological polar surface area (TPSA) is 68.3 Å². The molecule has 0 aliphatic carbocycles. The maximum absolute atomic E-state index is 12.3. The smallest absolute Gasteiger partial charge is 0.230 e. The normalized spacial score (nSPS) is 11.0. The number of nitrogens with one attached hydrogen (secondary N) is 1. The van der Waals surface area contributed by atoms with Crippen LogP contribution in [0, 0.1) is 13.8 Å². The van der Waals surface area contributed by atoms with Crippen molar-refractivity contribution in [3.05, 3.63) is 71.4 Å². The summed E-state index contributed by atoms with van der Waals surface area (Å²) in [6.07, 6.45) is 0.136. The molecule has 0 bridgehead atoms. The molecule has 2 aromatic carbocycles. The van der Waals surface area contributed by atoms with Crippen molar-refractivity contribution in [2.24, 2.45) is 0 Å². The van der Waals surface area contributed by atoms with Crippen molar-refractivity contribution in [1.82, 2.24) is 5.16 Å². The molecule has 4 rings (SSSR count). The molecule has 2 heterocycles. The van der Waals surface area contributed by atoms with Crippen LogP contribution in [0.5, 0.6) is 0 Å². The van der Waals surface area contributed by atoms with Crippen LogP contribution in [0.25, 0.3) is 22.5 Å². The molecule has 0 aliphatic rings. The summed E-state index contributed by atoms with van der Waals surface area (Å²) in [4.78, 5) is 12.3. The molecule has 0 radical (unpaired) electrons. The van der Waals surface area contributed by atoms with E-state index >= 15 is 0 Å². The number of carbonyl (C=O) groups excluding carboxylic acids is 1. The molecule has 2 aromatic heterocycles. The minimum atomic E-state index is -0.136. The Morgan fingerprint density at radius 3 is 2.73 bits per heavy atom. The van der Waals surface area contributed by atoms with Crippen molar-refractivity contribution in [1.29, 1.82) is 0 Å². The summed E-state index contributed by atoms with van der Waals surface area (Å²) >= 11 is 0. The number of fused-ring (bicyclic) bond motifs is 1. The van der Waals surface area contributed by atoms with Crippen LogP contribution in [-0.4, -0.2) is 11.1 Å². The highest BCUT2D eigenvalue weighted by molar-refractivity contribution is 5.93. The highest BCUT2D eigenvalue weighted by Gasteiger charge is 2.14. The number of rotatable bonds is 4. The van der Waals surface area contributed by atoms with E-state index in [-0.39, 0.29) is 12.3 Å². The zero-order valence-electron chi connectivity index (χ0n) is 14.6. The Morgan fingerprint density at radius 1 is 1.04 bits per heavy atom. The van der Waals surface area contributed by atoms with Gasteiger partial charge in [0.1, 0.15) is 5.58 Å². The van der Waals surface area contributed by atoms with E-state index in [9.17, 15) is 4.79 Å². The number of nitrogens with zero attached hydrogens (tertiary/aromatic N) is 1. The van der Waals surface area contributed by atoms with Gasteiger partial charge in [0.25, 0.3) is 0 Å². The van der Waals surface area contributed by atoms with E-state index in [2.05, 4.69) is 10.5 Å². The fourth-order valence-corrected chi connectivity index (χ4v) is 2.86. The molecule has 0 atom stereocenters. The van der Waals surface area contributed by atoms with Gasteiger partial charge in [-0.2, -0.15) is 0 Å². The zero-order valence-corrected chi connectivity index (χ0v) is 14.6. The van der Waals surface area contributed by atoms with Crippen molar-refractivity contribution in [3.8, 4) is 11.5 Å². The number of para-hydroxylation sites is 1. The van der Waals surface area contributed by atoms with Crippen LogP contribution in [0.1, 0.15) is 16.8 Å². The molecule has 5 nitrogen and oxygen atoms in total. The van der Waals surface area contributed by atoms with Gasteiger partial charge < -0.3 is 14.3 Å². The van der Waals surface area contributed by atoms with Gasteiger partial charge in [-0.25, -0.2) is 0 Å². The molecule has 26 heavy (non-hydrogen) atoms. The lowest BCUT2D eigenvalue weighted by atomic mass is 10.1. The molecular weight excluding hydrogens is 328 g/mol. The summed E-state index contributed by atoms with van der Waals surface area (Å²) in [5.41, 5.74) is 4.35. The molecule has 0 aliphatic heterocycles. The minimum absolute atomic E-state index is 0.136. The third-order valence-corrected chi connectivity index (χ3v) is 4.45. The largest absolute Gasteiger partial charge is 0.453 e. The molecule has 0 spiro atoms. The summed E-state index contributed by atoms with van der Waals surface area (Å²) in [5, 5.41) is 7.91. The van der Waals surface area contributed by atoms with Crippen LogP contribution >= 0.6 is 0 Å². The van der Waals surface area contributed by atoms with Gasteiger partial charge in [0.05, 0.1) is 12.1 Å². The van der Waals surface area contributed by atoms with Gasteiger partial charge in [0.15, 0.2) is 5.76 Å². The maximum atomic E-state index is 12.3. The summed E-state index contributed by atoms with van der Waals surface area (Å²) in [7, 11) is 0. The van der Waals surface area contributed by atoms with Crippen LogP contribution in [0.15, 0.2) is 63.5 Å². The lowest BCUT2D eigenvalue weighted by Crippen LogP contribution is -2.15. The number of carbonyl (C=O) groups is 1. The Bertz CT molecular complexity index is 1060. The molecule has 0 unspecified atom stereocenters. The molecule has 0 saturated heterocycles. The molecule has 1 amide bonds. The second-order valence-corrected chi connectivity index (χ2v) is 6.30. The average molecular weight is 346 g/mol. The number of furan rings is 1. The maximum Gasteiger partial charge on any atom is 0.230 e. The van der Waals surface area contributed by atoms with E-state index in [1.54, 1.807) is 6.07 Å². The first-order valence-electron chi connectivity index (χ1n) is 8.41. The highest BCUT2D eigenvalue weighted by atomic mass is 16.5. The first-order chi connectivity index (χ1) is 12.6. The number of aryl methyl sites for hydroxylation is 1. The Kier molecular flexibility index (Phi) is 4.05. The standard InChI is InChI=1S/C21H18N2O3/c1-13-6-5-8-17(14(13)2)22-21(24)12-16-11-20(26-23-16)19-10-15-7-3-4-9-18(15)25-19/h3-11H,12H2,1-2H3,(H,22,24). The van der Waals surface area contributed by atoms with Crippen LogP contribution in [-0.2, 0) is 11.2 Å². The van der Waals surface area contributed by atoms with E-state index in [4.69, 9.17) is 8.94 Å². The third-order valence-electron chi connectivity index (χ3n) is 4.45. The van der Waals surface area contributed by atoms with Gasteiger partial charge in [-0.05, 0) is 43.2 Å². The lowest BCUT2D eigenvalue weighted by molar-refractivity contribution is -0.115. The van der Waals surface area contributed by atoms with Crippen LogP contribution in [0.3, 0.4) is 0 Å². The summed E-state index contributed by atoms with van der Waals surface area (Å²) < 4.78 is 11.1. The first-order valence-corrected chi connectivity index (χ1v) is 8.41. The second-order valence-electron chi connectivity index (χ2n) is 6.30. The number of hydrogen-bond donors (Lipinski definition) is 1. The van der Waals surface area contributed by atoms with E-state index < -0.39 is 0 Å². The van der Waals surface area contributed by atoms with Gasteiger partial charge in [0, 0.05) is 17.1 Å². The predicted molar refractivity (Wildman–Crippen MR) is 100.0 cm³/mol. The Labute approximate surface area is 150 Å². The zero-order chi connectivity index (χ0) is 18.1.